The first-order valence-corrected chi connectivity index (χ1v) is 7.18. The van der Waals surface area contributed by atoms with Crippen molar-refractivity contribution in [1.82, 2.24) is 0 Å². The molecule has 1 heterocycles. The van der Waals surface area contributed by atoms with Gasteiger partial charge in [-0.15, -0.1) is 11.3 Å². The number of hydrogen-bond donors (Lipinski definition) is 0. The number of thiophene rings is 1. The maximum atomic E-state index is 2.35. The van der Waals surface area contributed by atoms with Crippen LogP contribution in [0.25, 0.3) is 10.4 Å². The van der Waals surface area contributed by atoms with Crippen LogP contribution in [0.3, 0.4) is 0 Å². The van der Waals surface area contributed by atoms with Gasteiger partial charge in [-0.1, -0.05) is 31.5 Å². The van der Waals surface area contributed by atoms with E-state index in [4.69, 9.17) is 0 Å². The Hall–Kier alpha value is -1.08. The topological polar surface area (TPSA) is 0 Å². The normalized spacial score (nSPS) is 10.8. The van der Waals surface area contributed by atoms with Crippen molar-refractivity contribution in [3.63, 3.8) is 0 Å². The van der Waals surface area contributed by atoms with Gasteiger partial charge in [-0.2, -0.15) is 0 Å². The highest BCUT2D eigenvalue weighted by Gasteiger charge is 2.05. The Bertz CT molecular complexity index is 494. The summed E-state index contributed by atoms with van der Waals surface area (Å²) in [6.45, 7) is 6.63. The SMILES string of the molecule is CCCCc1ccc(-c2ccc(C)s2)c(C)c1. The number of unbranched alkanes of at least 4 members (excludes halogenated alkanes) is 1. The molecule has 0 amide bonds. The lowest BCUT2D eigenvalue weighted by atomic mass is 10.0. The molecule has 2 aromatic rings. The highest BCUT2D eigenvalue weighted by atomic mass is 32.1. The largest absolute Gasteiger partial charge is 0.141 e. The summed E-state index contributed by atoms with van der Waals surface area (Å²) < 4.78 is 0. The second-order valence-electron chi connectivity index (χ2n) is 4.66. The summed E-state index contributed by atoms with van der Waals surface area (Å²) in [5.41, 5.74) is 4.27. The van der Waals surface area contributed by atoms with Gasteiger partial charge in [-0.25, -0.2) is 0 Å². The van der Waals surface area contributed by atoms with E-state index in [1.165, 1.54) is 45.7 Å². The fourth-order valence-corrected chi connectivity index (χ4v) is 3.08. The Balaban J connectivity index is 2.25. The van der Waals surface area contributed by atoms with Crippen molar-refractivity contribution < 1.29 is 0 Å². The van der Waals surface area contributed by atoms with Crippen LogP contribution in [0, 0.1) is 13.8 Å². The number of benzene rings is 1. The molecule has 0 spiro atoms. The van der Waals surface area contributed by atoms with E-state index in [2.05, 4.69) is 51.1 Å². The molecule has 0 radical (unpaired) electrons. The predicted molar refractivity (Wildman–Crippen MR) is 77.8 cm³/mol. The zero-order valence-electron chi connectivity index (χ0n) is 10.9. The molecule has 1 heteroatoms. The Morgan fingerprint density at radius 3 is 2.47 bits per heavy atom. The van der Waals surface area contributed by atoms with Gasteiger partial charge in [0.2, 0.25) is 0 Å². The molecule has 0 saturated carbocycles. The average Bonchev–Trinajstić information content (AvgIpc) is 2.73. The van der Waals surface area contributed by atoms with Crippen molar-refractivity contribution in [3.05, 3.63) is 46.3 Å². The third kappa shape index (κ3) is 2.98. The van der Waals surface area contributed by atoms with Gasteiger partial charge in [0.25, 0.3) is 0 Å². The van der Waals surface area contributed by atoms with Crippen LogP contribution in [0.1, 0.15) is 35.8 Å². The summed E-state index contributed by atoms with van der Waals surface area (Å²) in [6, 6.07) is 11.3. The van der Waals surface area contributed by atoms with Crippen LogP contribution in [-0.2, 0) is 6.42 Å². The molecule has 1 aromatic heterocycles. The fourth-order valence-electron chi connectivity index (χ4n) is 2.12. The van der Waals surface area contributed by atoms with Gasteiger partial charge in [0, 0.05) is 9.75 Å². The molecule has 0 N–H and O–H groups in total. The zero-order chi connectivity index (χ0) is 12.3. The zero-order valence-corrected chi connectivity index (χ0v) is 11.7. The Morgan fingerprint density at radius 2 is 1.88 bits per heavy atom. The molecule has 0 fully saturated rings. The average molecular weight is 244 g/mol. The molecule has 2 rings (SSSR count). The maximum Gasteiger partial charge on any atom is 0.0348 e. The van der Waals surface area contributed by atoms with Gasteiger partial charge in [-0.3, -0.25) is 0 Å². The van der Waals surface area contributed by atoms with Gasteiger partial charge in [0.05, 0.1) is 0 Å². The summed E-state index contributed by atoms with van der Waals surface area (Å²) >= 11 is 1.88. The second kappa shape index (κ2) is 5.50. The summed E-state index contributed by atoms with van der Waals surface area (Å²) in [5, 5.41) is 0. The molecular formula is C16H20S. The van der Waals surface area contributed by atoms with Crippen molar-refractivity contribution in [2.75, 3.05) is 0 Å². The Labute approximate surface area is 108 Å². The van der Waals surface area contributed by atoms with E-state index in [0.717, 1.165) is 0 Å². The highest BCUT2D eigenvalue weighted by molar-refractivity contribution is 7.15. The summed E-state index contributed by atoms with van der Waals surface area (Å²) in [6.07, 6.45) is 3.77. The van der Waals surface area contributed by atoms with Crippen molar-refractivity contribution in [2.24, 2.45) is 0 Å². The molecular weight excluding hydrogens is 224 g/mol. The smallest absolute Gasteiger partial charge is 0.0348 e. The third-order valence-corrected chi connectivity index (χ3v) is 4.15. The Kier molecular flexibility index (Phi) is 4.01. The van der Waals surface area contributed by atoms with Crippen LogP contribution >= 0.6 is 11.3 Å². The predicted octanol–water partition coefficient (Wildman–Crippen LogP) is 5.37. The molecule has 0 aliphatic heterocycles. The summed E-state index contributed by atoms with van der Waals surface area (Å²) in [4.78, 5) is 2.77. The molecule has 0 unspecified atom stereocenters. The van der Waals surface area contributed by atoms with E-state index in [0.29, 0.717) is 0 Å². The van der Waals surface area contributed by atoms with Crippen LogP contribution < -0.4 is 0 Å². The standard InChI is InChI=1S/C16H20S/c1-4-5-6-14-8-9-15(12(2)11-14)16-10-7-13(3)17-16/h7-11H,4-6H2,1-3H3. The Morgan fingerprint density at radius 1 is 1.06 bits per heavy atom. The fraction of sp³-hybridized carbons (Fsp3) is 0.375. The first kappa shape index (κ1) is 12.4. The number of aryl methyl sites for hydroxylation is 3. The minimum atomic E-state index is 1.21. The van der Waals surface area contributed by atoms with Crippen molar-refractivity contribution in [2.45, 2.75) is 40.0 Å². The van der Waals surface area contributed by atoms with E-state index in [-0.39, 0.29) is 0 Å². The molecule has 0 bridgehead atoms. The van der Waals surface area contributed by atoms with Gasteiger partial charge >= 0.3 is 0 Å². The van der Waals surface area contributed by atoms with E-state index in [1.54, 1.807) is 0 Å². The van der Waals surface area contributed by atoms with Crippen LogP contribution in [0.4, 0.5) is 0 Å². The monoisotopic (exact) mass is 244 g/mol. The highest BCUT2D eigenvalue weighted by Crippen LogP contribution is 2.30. The third-order valence-electron chi connectivity index (χ3n) is 3.12. The van der Waals surface area contributed by atoms with Crippen molar-refractivity contribution in [3.8, 4) is 10.4 Å². The van der Waals surface area contributed by atoms with Gasteiger partial charge in [-0.05, 0) is 55.5 Å². The van der Waals surface area contributed by atoms with Gasteiger partial charge < -0.3 is 0 Å². The molecule has 0 aliphatic rings. The lowest BCUT2D eigenvalue weighted by Crippen LogP contribution is -1.88. The van der Waals surface area contributed by atoms with E-state index >= 15 is 0 Å². The maximum absolute atomic E-state index is 2.35. The molecule has 0 nitrogen and oxygen atoms in total. The number of hydrogen-bond acceptors (Lipinski definition) is 1. The van der Waals surface area contributed by atoms with Crippen LogP contribution in [0.15, 0.2) is 30.3 Å². The second-order valence-corrected chi connectivity index (χ2v) is 5.95. The van der Waals surface area contributed by atoms with Crippen molar-refractivity contribution in [1.29, 1.82) is 0 Å². The quantitative estimate of drug-likeness (QED) is 0.678. The molecule has 1 aromatic carbocycles. The molecule has 0 aliphatic carbocycles. The summed E-state index contributed by atoms with van der Waals surface area (Å²) in [5.74, 6) is 0. The van der Waals surface area contributed by atoms with E-state index in [1.807, 2.05) is 11.3 Å². The van der Waals surface area contributed by atoms with E-state index < -0.39 is 0 Å². The molecule has 0 atom stereocenters. The molecule has 0 saturated heterocycles. The minimum Gasteiger partial charge on any atom is -0.141 e. The van der Waals surface area contributed by atoms with E-state index in [9.17, 15) is 0 Å². The molecule has 90 valence electrons. The number of rotatable bonds is 4. The van der Waals surface area contributed by atoms with Gasteiger partial charge in [0.1, 0.15) is 0 Å². The van der Waals surface area contributed by atoms with Crippen LogP contribution in [0.2, 0.25) is 0 Å². The first-order chi connectivity index (χ1) is 8.20. The van der Waals surface area contributed by atoms with Crippen LogP contribution in [0.5, 0.6) is 0 Å². The van der Waals surface area contributed by atoms with Crippen LogP contribution in [-0.4, -0.2) is 0 Å². The molecule has 17 heavy (non-hydrogen) atoms. The first-order valence-electron chi connectivity index (χ1n) is 6.37. The lowest BCUT2D eigenvalue weighted by molar-refractivity contribution is 0.794. The minimum absolute atomic E-state index is 1.21. The van der Waals surface area contributed by atoms with Gasteiger partial charge in [0.15, 0.2) is 0 Å². The summed E-state index contributed by atoms with van der Waals surface area (Å²) in [7, 11) is 0. The van der Waals surface area contributed by atoms with Crippen molar-refractivity contribution >= 4 is 11.3 Å². The lowest BCUT2D eigenvalue weighted by Gasteiger charge is -2.06.